The lowest BCUT2D eigenvalue weighted by Crippen LogP contribution is -2.48. The number of hydrogen-bond acceptors (Lipinski definition) is 2. The zero-order chi connectivity index (χ0) is 14.0. The molecule has 0 saturated carbocycles. The second kappa shape index (κ2) is 8.38. The molecule has 1 aromatic rings. The Bertz CT molecular complexity index is 415. The van der Waals surface area contributed by atoms with Gasteiger partial charge in [0.15, 0.2) is 0 Å². The van der Waals surface area contributed by atoms with Crippen LogP contribution in [0.15, 0.2) is 18.2 Å². The largest absolute Gasteiger partial charge is 0.314 e. The normalized spacial score (nSPS) is 17.6. The van der Waals surface area contributed by atoms with Gasteiger partial charge in [-0.2, -0.15) is 0 Å². The molecule has 0 bridgehead atoms. The zero-order valence-electron chi connectivity index (χ0n) is 13.9. The van der Waals surface area contributed by atoms with Crippen LogP contribution in [0.5, 0.6) is 0 Å². The van der Waals surface area contributed by atoms with Crippen molar-refractivity contribution in [3.8, 4) is 0 Å². The third kappa shape index (κ3) is 5.45. The average molecular weight is 333 g/mol. The Hall–Kier alpha value is -0.280. The molecule has 0 aliphatic carbocycles. The van der Waals surface area contributed by atoms with Crippen molar-refractivity contribution in [3.63, 3.8) is 0 Å². The molecule has 0 spiro atoms. The van der Waals surface area contributed by atoms with Gasteiger partial charge in [0.1, 0.15) is 0 Å². The molecule has 1 aromatic carbocycles. The summed E-state index contributed by atoms with van der Waals surface area (Å²) in [5.74, 6) is 0. The number of benzene rings is 1. The molecule has 0 radical (unpaired) electrons. The topological polar surface area (TPSA) is 15.3 Å². The SMILES string of the molecule is Cc1cc(C)cc([C@@H](N2CCNCC2)C(C)(C)C)c1.Cl.Cl. The second-order valence-corrected chi connectivity index (χ2v) is 6.98. The Morgan fingerprint density at radius 2 is 1.43 bits per heavy atom. The number of nitrogens with zero attached hydrogens (tertiary/aromatic N) is 1. The minimum atomic E-state index is 0. The molecule has 122 valence electrons. The van der Waals surface area contributed by atoms with Crippen molar-refractivity contribution in [2.24, 2.45) is 5.41 Å². The fourth-order valence-corrected chi connectivity index (χ4v) is 3.37. The highest BCUT2D eigenvalue weighted by Crippen LogP contribution is 2.38. The van der Waals surface area contributed by atoms with E-state index in [2.05, 4.69) is 63.0 Å². The van der Waals surface area contributed by atoms with Gasteiger partial charge in [-0.3, -0.25) is 4.90 Å². The highest BCUT2D eigenvalue weighted by molar-refractivity contribution is 5.85. The molecule has 4 heteroatoms. The van der Waals surface area contributed by atoms with Crippen molar-refractivity contribution in [3.05, 3.63) is 34.9 Å². The molecule has 1 aliphatic rings. The third-order valence-electron chi connectivity index (χ3n) is 3.90. The van der Waals surface area contributed by atoms with E-state index < -0.39 is 0 Å². The van der Waals surface area contributed by atoms with Crippen LogP contribution >= 0.6 is 24.8 Å². The maximum Gasteiger partial charge on any atom is 0.0397 e. The van der Waals surface area contributed by atoms with Crippen molar-refractivity contribution in [1.29, 1.82) is 0 Å². The van der Waals surface area contributed by atoms with Gasteiger partial charge in [0.25, 0.3) is 0 Å². The van der Waals surface area contributed by atoms with Gasteiger partial charge in [-0.05, 0) is 24.8 Å². The fraction of sp³-hybridized carbons (Fsp3) is 0.647. The van der Waals surface area contributed by atoms with Crippen molar-refractivity contribution < 1.29 is 0 Å². The van der Waals surface area contributed by atoms with Gasteiger partial charge in [-0.1, -0.05) is 50.1 Å². The molecule has 2 nitrogen and oxygen atoms in total. The van der Waals surface area contributed by atoms with E-state index in [1.54, 1.807) is 0 Å². The zero-order valence-corrected chi connectivity index (χ0v) is 15.5. The van der Waals surface area contributed by atoms with Crippen LogP contribution in [0.4, 0.5) is 0 Å². The number of aryl methyl sites for hydroxylation is 2. The Labute approximate surface area is 142 Å². The monoisotopic (exact) mass is 332 g/mol. The van der Waals surface area contributed by atoms with Crippen LogP contribution < -0.4 is 5.32 Å². The van der Waals surface area contributed by atoms with Crippen LogP contribution in [-0.4, -0.2) is 31.1 Å². The van der Waals surface area contributed by atoms with Crippen LogP contribution in [0.3, 0.4) is 0 Å². The molecule has 1 aliphatic heterocycles. The fourth-order valence-electron chi connectivity index (χ4n) is 3.37. The third-order valence-corrected chi connectivity index (χ3v) is 3.90. The van der Waals surface area contributed by atoms with Gasteiger partial charge in [0, 0.05) is 32.2 Å². The van der Waals surface area contributed by atoms with Crippen molar-refractivity contribution in [2.45, 2.75) is 40.7 Å². The summed E-state index contributed by atoms with van der Waals surface area (Å²) >= 11 is 0. The number of hydrogen-bond donors (Lipinski definition) is 1. The van der Waals surface area contributed by atoms with E-state index in [1.807, 2.05) is 0 Å². The summed E-state index contributed by atoms with van der Waals surface area (Å²) in [7, 11) is 0. The minimum absolute atomic E-state index is 0. The minimum Gasteiger partial charge on any atom is -0.314 e. The molecule has 21 heavy (non-hydrogen) atoms. The highest BCUT2D eigenvalue weighted by atomic mass is 35.5. The lowest BCUT2D eigenvalue weighted by Gasteiger charge is -2.43. The maximum atomic E-state index is 3.45. The van der Waals surface area contributed by atoms with Gasteiger partial charge in [-0.15, -0.1) is 24.8 Å². The maximum absolute atomic E-state index is 3.45. The number of nitrogens with one attached hydrogen (secondary N) is 1. The smallest absolute Gasteiger partial charge is 0.0397 e. The van der Waals surface area contributed by atoms with Crippen LogP contribution in [0, 0.1) is 19.3 Å². The van der Waals surface area contributed by atoms with Gasteiger partial charge in [0.05, 0.1) is 0 Å². The summed E-state index contributed by atoms with van der Waals surface area (Å²) in [6, 6.07) is 7.50. The average Bonchev–Trinajstić information content (AvgIpc) is 2.27. The molecular weight excluding hydrogens is 303 g/mol. The first-order valence-electron chi connectivity index (χ1n) is 7.41. The Kier molecular flexibility index (Phi) is 8.27. The number of piperazine rings is 1. The first-order chi connectivity index (χ1) is 8.88. The van der Waals surface area contributed by atoms with Gasteiger partial charge >= 0.3 is 0 Å². The molecule has 0 aromatic heterocycles. The molecule has 1 saturated heterocycles. The summed E-state index contributed by atoms with van der Waals surface area (Å²) in [6.45, 7) is 16.0. The molecule has 0 amide bonds. The van der Waals surface area contributed by atoms with Crippen LogP contribution in [-0.2, 0) is 0 Å². The first kappa shape index (κ1) is 20.7. The van der Waals surface area contributed by atoms with E-state index in [1.165, 1.54) is 16.7 Å². The summed E-state index contributed by atoms with van der Waals surface area (Å²) in [4.78, 5) is 2.64. The van der Waals surface area contributed by atoms with E-state index in [9.17, 15) is 0 Å². The molecule has 1 heterocycles. The Morgan fingerprint density at radius 3 is 1.86 bits per heavy atom. The summed E-state index contributed by atoms with van der Waals surface area (Å²) in [6.07, 6.45) is 0. The molecule has 1 N–H and O–H groups in total. The molecule has 1 fully saturated rings. The van der Waals surface area contributed by atoms with Gasteiger partial charge < -0.3 is 5.32 Å². The standard InChI is InChI=1S/C17H28N2.2ClH/c1-13-10-14(2)12-15(11-13)16(17(3,4)5)19-8-6-18-7-9-19;;/h10-12,16,18H,6-9H2,1-5H3;2*1H/t16-;;/m1../s1. The lowest BCUT2D eigenvalue weighted by atomic mass is 9.80. The predicted octanol–water partition coefficient (Wildman–Crippen LogP) is 4.14. The lowest BCUT2D eigenvalue weighted by molar-refractivity contribution is 0.0861. The van der Waals surface area contributed by atoms with Crippen LogP contribution in [0.1, 0.15) is 43.5 Å². The van der Waals surface area contributed by atoms with Gasteiger partial charge in [-0.25, -0.2) is 0 Å². The van der Waals surface area contributed by atoms with E-state index in [4.69, 9.17) is 0 Å². The summed E-state index contributed by atoms with van der Waals surface area (Å²) in [5, 5.41) is 3.45. The van der Waals surface area contributed by atoms with Gasteiger partial charge in [0.2, 0.25) is 0 Å². The Balaban J connectivity index is 0.00000200. The second-order valence-electron chi connectivity index (χ2n) is 6.98. The van der Waals surface area contributed by atoms with E-state index in [-0.39, 0.29) is 30.2 Å². The predicted molar refractivity (Wildman–Crippen MR) is 97.1 cm³/mol. The highest BCUT2D eigenvalue weighted by Gasteiger charge is 2.32. The molecule has 2 rings (SSSR count). The first-order valence-corrected chi connectivity index (χ1v) is 7.41. The van der Waals surface area contributed by atoms with Crippen molar-refractivity contribution in [2.75, 3.05) is 26.2 Å². The summed E-state index contributed by atoms with van der Waals surface area (Å²) in [5.41, 5.74) is 4.49. The van der Waals surface area contributed by atoms with E-state index >= 15 is 0 Å². The van der Waals surface area contributed by atoms with E-state index in [0.717, 1.165) is 26.2 Å². The number of rotatable bonds is 2. The quantitative estimate of drug-likeness (QED) is 0.875. The van der Waals surface area contributed by atoms with E-state index in [0.29, 0.717) is 6.04 Å². The molecule has 0 unspecified atom stereocenters. The van der Waals surface area contributed by atoms with Crippen molar-refractivity contribution >= 4 is 24.8 Å². The Morgan fingerprint density at radius 1 is 0.952 bits per heavy atom. The van der Waals surface area contributed by atoms with Crippen LogP contribution in [0.25, 0.3) is 0 Å². The molecular formula is C17H30Cl2N2. The van der Waals surface area contributed by atoms with Crippen LogP contribution in [0.2, 0.25) is 0 Å². The van der Waals surface area contributed by atoms with Crippen molar-refractivity contribution in [1.82, 2.24) is 10.2 Å². The summed E-state index contributed by atoms with van der Waals surface area (Å²) < 4.78 is 0. The molecule has 1 atom stereocenters. The number of halogens is 2.